The number of likely N-dealkylation sites (tertiary alicyclic amines) is 1. The van der Waals surface area contributed by atoms with E-state index in [9.17, 15) is 8.78 Å². The molecule has 1 aromatic carbocycles. The van der Waals surface area contributed by atoms with Gasteiger partial charge in [0.15, 0.2) is 5.82 Å². The Morgan fingerprint density at radius 3 is 2.58 bits per heavy atom. The number of nitrogens with two attached hydrogens (primary N) is 1. The van der Waals surface area contributed by atoms with Gasteiger partial charge in [0.1, 0.15) is 18.0 Å². The molecule has 1 aliphatic heterocycles. The fourth-order valence-electron chi connectivity index (χ4n) is 4.54. The molecule has 10 heteroatoms. The lowest BCUT2D eigenvalue weighted by molar-refractivity contribution is 0.198. The number of nitrogens with one attached hydrogen (secondary N) is 1. The largest absolute Gasteiger partial charge is 0.401 e. The molecule has 8 nitrogen and oxygen atoms in total. The van der Waals surface area contributed by atoms with Crippen LogP contribution in [0.25, 0.3) is 23.9 Å². The number of allylic oxidation sites excluding steroid dienone is 3. The van der Waals surface area contributed by atoms with Crippen molar-refractivity contribution in [1.29, 1.82) is 0 Å². The summed E-state index contributed by atoms with van der Waals surface area (Å²) in [5.74, 6) is 0.0795. The maximum atomic E-state index is 11.9. The van der Waals surface area contributed by atoms with Gasteiger partial charge in [-0.15, -0.1) is 0 Å². The van der Waals surface area contributed by atoms with Gasteiger partial charge in [-0.05, 0) is 75.7 Å². The van der Waals surface area contributed by atoms with Crippen LogP contribution in [0.1, 0.15) is 64.5 Å². The Bertz CT molecular complexity index is 1380. The molecule has 0 amide bonds. The molecule has 43 heavy (non-hydrogen) atoms. The molecule has 1 aliphatic rings. The van der Waals surface area contributed by atoms with Crippen LogP contribution in [0.3, 0.4) is 0 Å². The zero-order chi connectivity index (χ0) is 31.8. The third-order valence-electron chi connectivity index (χ3n) is 6.77. The minimum absolute atomic E-state index is 0.385. The van der Waals surface area contributed by atoms with Gasteiger partial charge in [-0.25, -0.2) is 18.4 Å². The second-order valence-electron chi connectivity index (χ2n) is 9.76. The van der Waals surface area contributed by atoms with Crippen LogP contribution in [-0.4, -0.2) is 61.4 Å². The Balaban J connectivity index is 0.000000550. The van der Waals surface area contributed by atoms with Gasteiger partial charge in [-0.1, -0.05) is 39.5 Å². The number of aromatic amines is 1. The maximum absolute atomic E-state index is 11.9. The number of hydrogen-bond donors (Lipinski definition) is 2. The number of rotatable bonds is 9. The molecule has 0 radical (unpaired) electrons. The molecule has 4 rings (SSSR count). The molecule has 2 aromatic heterocycles. The minimum atomic E-state index is -0.537. The molecule has 0 spiro atoms. The van der Waals surface area contributed by atoms with E-state index in [2.05, 4.69) is 44.8 Å². The first-order valence-corrected chi connectivity index (χ1v) is 14.7. The van der Waals surface area contributed by atoms with Gasteiger partial charge >= 0.3 is 0 Å². The smallest absolute Gasteiger partial charge is 0.154 e. The van der Waals surface area contributed by atoms with Crippen molar-refractivity contribution in [3.8, 4) is 0 Å². The molecular formula is C33H46F2N8. The average Bonchev–Trinajstić information content (AvgIpc) is 3.66. The summed E-state index contributed by atoms with van der Waals surface area (Å²) in [6.45, 7) is 17.4. The van der Waals surface area contributed by atoms with Crippen molar-refractivity contribution >= 4 is 23.9 Å². The van der Waals surface area contributed by atoms with Gasteiger partial charge in [-0.3, -0.25) is 5.10 Å². The third kappa shape index (κ3) is 10.8. The number of aromatic nitrogens is 5. The average molecular weight is 593 g/mol. The molecule has 0 bridgehead atoms. The van der Waals surface area contributed by atoms with Crippen molar-refractivity contribution in [3.05, 3.63) is 102 Å². The lowest BCUT2D eigenvalue weighted by Gasteiger charge is -2.32. The summed E-state index contributed by atoms with van der Waals surface area (Å²) in [5, 5.41) is 11.6. The van der Waals surface area contributed by atoms with Gasteiger partial charge in [0, 0.05) is 54.9 Å². The highest BCUT2D eigenvalue weighted by Gasteiger charge is 2.21. The SMILES string of the molecule is C=C/C(=C\c1cn[nH]c1/C(C)=C/n1ncnc1/C=C\C)N(C)/C=C(\N)[C@@H]1CCCN(CC)C1.CC.Fc1cccc(F)c1. The predicted molar refractivity (Wildman–Crippen MR) is 174 cm³/mol. The predicted octanol–water partition coefficient (Wildman–Crippen LogP) is 7.03. The van der Waals surface area contributed by atoms with Gasteiger partial charge < -0.3 is 15.5 Å². The number of nitrogens with zero attached hydrogens (tertiary/aromatic N) is 6. The summed E-state index contributed by atoms with van der Waals surface area (Å²) in [6.07, 6.45) is 17.4. The molecular weight excluding hydrogens is 546 g/mol. The van der Waals surface area contributed by atoms with E-state index in [-0.39, 0.29) is 0 Å². The number of piperidine rings is 1. The quantitative estimate of drug-likeness (QED) is 0.259. The summed E-state index contributed by atoms with van der Waals surface area (Å²) in [6, 6.07) is 4.55. The Hall–Kier alpha value is -4.31. The van der Waals surface area contributed by atoms with Gasteiger partial charge in [-0.2, -0.15) is 10.2 Å². The number of halogens is 2. The zero-order valence-corrected chi connectivity index (χ0v) is 26.3. The molecule has 232 valence electrons. The van der Waals surface area contributed by atoms with Crippen LogP contribution in [0.4, 0.5) is 8.78 Å². The normalized spacial score (nSPS) is 16.3. The fourth-order valence-corrected chi connectivity index (χ4v) is 4.54. The molecule has 3 heterocycles. The van der Waals surface area contributed by atoms with Crippen molar-refractivity contribution in [2.75, 3.05) is 26.7 Å². The number of likely N-dealkylation sites (N-methyl/N-ethyl adjacent to an activating group) is 1. The summed E-state index contributed by atoms with van der Waals surface area (Å²) in [7, 11) is 2.00. The van der Waals surface area contributed by atoms with Crippen molar-refractivity contribution < 1.29 is 8.78 Å². The highest BCUT2D eigenvalue weighted by atomic mass is 19.1. The summed E-state index contributed by atoms with van der Waals surface area (Å²) < 4.78 is 25.6. The van der Waals surface area contributed by atoms with E-state index in [1.807, 2.05) is 76.5 Å². The van der Waals surface area contributed by atoms with Crippen LogP contribution < -0.4 is 5.73 Å². The molecule has 3 aromatic rings. The monoisotopic (exact) mass is 592 g/mol. The molecule has 0 aliphatic carbocycles. The molecule has 1 fully saturated rings. The van der Waals surface area contributed by atoms with Crippen molar-refractivity contribution in [1.82, 2.24) is 34.8 Å². The zero-order valence-electron chi connectivity index (χ0n) is 26.3. The van der Waals surface area contributed by atoms with E-state index < -0.39 is 11.6 Å². The summed E-state index contributed by atoms with van der Waals surface area (Å²) >= 11 is 0. The van der Waals surface area contributed by atoms with E-state index >= 15 is 0 Å². The lowest BCUT2D eigenvalue weighted by atomic mass is 9.95. The standard InChI is InChI=1S/C25H36N8.C6H4F2.C2H6/c1-6-10-24-27-18-29-33(24)15-19(4)25-21(14-28-30-25)13-22(7-2)31(5)17-23(26)20-11-9-12-32(8-3)16-20;7-5-2-1-3-6(8)4-5;1-2/h6-7,10,13-15,17-18,20H,2,8-9,11-12,16,26H2,1,3-5H3,(H,28,30);1-4H;1-2H3/b10-6-,19-15+,22-13+,23-17-;;/t20-;;/m1../s1. The lowest BCUT2D eigenvalue weighted by Crippen LogP contribution is -2.37. The molecule has 1 atom stereocenters. The number of H-pyrrole nitrogens is 1. The Kier molecular flexibility index (Phi) is 14.8. The van der Waals surface area contributed by atoms with E-state index in [0.29, 0.717) is 5.92 Å². The van der Waals surface area contributed by atoms with Crippen molar-refractivity contribution in [3.63, 3.8) is 0 Å². The minimum Gasteiger partial charge on any atom is -0.401 e. The first-order valence-electron chi connectivity index (χ1n) is 14.7. The third-order valence-corrected chi connectivity index (χ3v) is 6.77. The van der Waals surface area contributed by atoms with Gasteiger partial charge in [0.25, 0.3) is 0 Å². The molecule has 0 saturated carbocycles. The van der Waals surface area contributed by atoms with Crippen LogP contribution in [-0.2, 0) is 0 Å². The first-order chi connectivity index (χ1) is 20.7. The highest BCUT2D eigenvalue weighted by molar-refractivity contribution is 5.78. The van der Waals surface area contributed by atoms with E-state index in [0.717, 1.165) is 66.2 Å². The Morgan fingerprint density at radius 2 is 1.98 bits per heavy atom. The van der Waals surface area contributed by atoms with E-state index in [1.54, 1.807) is 11.0 Å². The van der Waals surface area contributed by atoms with Crippen LogP contribution in [0.2, 0.25) is 0 Å². The first kappa shape index (κ1) is 34.9. The Labute approximate surface area is 255 Å². The van der Waals surface area contributed by atoms with Crippen molar-refractivity contribution in [2.45, 2.75) is 47.5 Å². The topological polar surface area (TPSA) is 91.9 Å². The number of benzene rings is 1. The molecule has 0 unspecified atom stereocenters. The van der Waals surface area contributed by atoms with E-state index in [4.69, 9.17) is 5.73 Å². The van der Waals surface area contributed by atoms with Gasteiger partial charge in [0.05, 0.1) is 11.9 Å². The van der Waals surface area contributed by atoms with Crippen LogP contribution in [0, 0.1) is 17.6 Å². The summed E-state index contributed by atoms with van der Waals surface area (Å²) in [5.41, 5.74) is 11.2. The molecule has 1 saturated heterocycles. The summed E-state index contributed by atoms with van der Waals surface area (Å²) in [4.78, 5) is 8.76. The number of hydrogen-bond acceptors (Lipinski definition) is 6. The second-order valence-corrected chi connectivity index (χ2v) is 9.76. The fraction of sp³-hybridized carbons (Fsp3) is 0.364. The molecule has 3 N–H and O–H groups in total. The van der Waals surface area contributed by atoms with Gasteiger partial charge in [0.2, 0.25) is 0 Å². The van der Waals surface area contributed by atoms with Crippen LogP contribution in [0.15, 0.2) is 73.1 Å². The second kappa shape index (κ2) is 18.3. The maximum Gasteiger partial charge on any atom is 0.154 e. The van der Waals surface area contributed by atoms with Crippen LogP contribution >= 0.6 is 0 Å². The Morgan fingerprint density at radius 1 is 1.26 bits per heavy atom. The van der Waals surface area contributed by atoms with Crippen molar-refractivity contribution in [2.24, 2.45) is 11.7 Å². The highest BCUT2D eigenvalue weighted by Crippen LogP contribution is 2.24. The van der Waals surface area contributed by atoms with E-state index in [1.165, 1.54) is 24.6 Å². The van der Waals surface area contributed by atoms with Crippen LogP contribution in [0.5, 0.6) is 0 Å².